The summed E-state index contributed by atoms with van der Waals surface area (Å²) in [4.78, 5) is 22.5. The van der Waals surface area contributed by atoms with Crippen LogP contribution in [0.15, 0.2) is 18.2 Å². The first-order valence-corrected chi connectivity index (χ1v) is 7.23. The molecule has 21 heavy (non-hydrogen) atoms. The number of amides is 1. The summed E-state index contributed by atoms with van der Waals surface area (Å²) < 4.78 is 0. The summed E-state index contributed by atoms with van der Waals surface area (Å²) in [5, 5.41) is 13.8. The Balaban J connectivity index is 2.07. The van der Waals surface area contributed by atoms with E-state index >= 15 is 0 Å². The van der Waals surface area contributed by atoms with Gasteiger partial charge < -0.3 is 11.1 Å². The van der Waals surface area contributed by atoms with E-state index in [-0.39, 0.29) is 28.9 Å². The average Bonchev–Trinajstić information content (AvgIpc) is 2.43. The van der Waals surface area contributed by atoms with E-state index in [9.17, 15) is 14.9 Å². The van der Waals surface area contributed by atoms with Crippen LogP contribution in [0, 0.1) is 22.0 Å². The third-order valence-electron chi connectivity index (χ3n) is 4.42. The molecule has 3 N–H and O–H groups in total. The molecule has 3 unspecified atom stereocenters. The lowest BCUT2D eigenvalue weighted by molar-refractivity contribution is -0.383. The van der Waals surface area contributed by atoms with Crippen LogP contribution in [0.1, 0.15) is 43.5 Å². The van der Waals surface area contributed by atoms with Crippen molar-refractivity contribution < 1.29 is 9.72 Å². The van der Waals surface area contributed by atoms with Gasteiger partial charge in [0.15, 0.2) is 0 Å². The highest BCUT2D eigenvalue weighted by molar-refractivity contribution is 5.95. The molecule has 1 amide bonds. The maximum Gasteiger partial charge on any atom is 0.292 e. The van der Waals surface area contributed by atoms with E-state index < -0.39 is 4.92 Å². The molecule has 1 aliphatic rings. The number of nitrogen functional groups attached to an aromatic ring is 1. The van der Waals surface area contributed by atoms with Gasteiger partial charge in [0, 0.05) is 17.7 Å². The molecule has 3 atom stereocenters. The molecular formula is C15H21N3O3. The van der Waals surface area contributed by atoms with Crippen molar-refractivity contribution in [2.75, 3.05) is 5.73 Å². The van der Waals surface area contributed by atoms with Crippen LogP contribution < -0.4 is 11.1 Å². The van der Waals surface area contributed by atoms with Crippen molar-refractivity contribution in [3.05, 3.63) is 33.9 Å². The standard InChI is InChI=1S/C15H21N3O3/c1-9-3-5-12(7-10(9)2)17-15(19)11-4-6-13(16)14(8-11)18(20)21/h4,6,8-10,12H,3,5,7,16H2,1-2H3,(H,17,19). The monoisotopic (exact) mass is 291 g/mol. The number of nitrogens with one attached hydrogen (secondary N) is 1. The summed E-state index contributed by atoms with van der Waals surface area (Å²) in [6, 6.07) is 4.30. The number of hydrogen-bond donors (Lipinski definition) is 2. The van der Waals surface area contributed by atoms with Gasteiger partial charge in [-0.3, -0.25) is 14.9 Å². The maximum absolute atomic E-state index is 12.2. The Bertz CT molecular complexity index is 559. The Morgan fingerprint density at radius 2 is 2.05 bits per heavy atom. The third-order valence-corrected chi connectivity index (χ3v) is 4.42. The van der Waals surface area contributed by atoms with Crippen molar-refractivity contribution in [1.82, 2.24) is 5.32 Å². The quantitative estimate of drug-likeness (QED) is 0.508. The topological polar surface area (TPSA) is 98.3 Å². The zero-order chi connectivity index (χ0) is 15.6. The highest BCUT2D eigenvalue weighted by atomic mass is 16.6. The van der Waals surface area contributed by atoms with Crippen LogP contribution in [0.4, 0.5) is 11.4 Å². The molecule has 0 radical (unpaired) electrons. The van der Waals surface area contributed by atoms with E-state index in [2.05, 4.69) is 19.2 Å². The second kappa shape index (κ2) is 6.11. The van der Waals surface area contributed by atoms with E-state index in [4.69, 9.17) is 5.73 Å². The van der Waals surface area contributed by atoms with E-state index in [1.165, 1.54) is 18.2 Å². The molecule has 1 saturated carbocycles. The molecule has 0 spiro atoms. The molecule has 6 nitrogen and oxygen atoms in total. The Morgan fingerprint density at radius 3 is 2.67 bits per heavy atom. The van der Waals surface area contributed by atoms with Crippen molar-refractivity contribution in [1.29, 1.82) is 0 Å². The molecule has 6 heteroatoms. The lowest BCUT2D eigenvalue weighted by Crippen LogP contribution is -2.39. The Morgan fingerprint density at radius 1 is 1.33 bits per heavy atom. The van der Waals surface area contributed by atoms with Crippen molar-refractivity contribution in [3.8, 4) is 0 Å². The zero-order valence-electron chi connectivity index (χ0n) is 12.3. The molecule has 114 valence electrons. The predicted octanol–water partition coefficient (Wildman–Crippen LogP) is 2.73. The fourth-order valence-electron chi connectivity index (χ4n) is 2.79. The predicted molar refractivity (Wildman–Crippen MR) is 80.9 cm³/mol. The summed E-state index contributed by atoms with van der Waals surface area (Å²) >= 11 is 0. The molecule has 0 aromatic heterocycles. The third kappa shape index (κ3) is 3.51. The molecule has 1 aromatic rings. The molecule has 0 heterocycles. The van der Waals surface area contributed by atoms with Crippen LogP contribution >= 0.6 is 0 Å². The van der Waals surface area contributed by atoms with E-state index in [0.717, 1.165) is 19.3 Å². The zero-order valence-corrected chi connectivity index (χ0v) is 12.3. The summed E-state index contributed by atoms with van der Waals surface area (Å²) in [5.74, 6) is 0.977. The van der Waals surface area contributed by atoms with E-state index in [0.29, 0.717) is 11.8 Å². The van der Waals surface area contributed by atoms with Gasteiger partial charge in [-0.25, -0.2) is 0 Å². The van der Waals surface area contributed by atoms with Gasteiger partial charge >= 0.3 is 0 Å². The van der Waals surface area contributed by atoms with Gasteiger partial charge in [0.25, 0.3) is 11.6 Å². The van der Waals surface area contributed by atoms with E-state index in [1.807, 2.05) is 0 Å². The van der Waals surface area contributed by atoms with E-state index in [1.54, 1.807) is 0 Å². The van der Waals surface area contributed by atoms with Crippen LogP contribution in [-0.2, 0) is 0 Å². The SMILES string of the molecule is CC1CCC(NC(=O)c2ccc(N)c([N+](=O)[O-])c2)CC1C. The van der Waals surface area contributed by atoms with Crippen molar-refractivity contribution in [2.45, 2.75) is 39.2 Å². The fourth-order valence-corrected chi connectivity index (χ4v) is 2.79. The highest BCUT2D eigenvalue weighted by Gasteiger charge is 2.26. The number of hydrogen-bond acceptors (Lipinski definition) is 4. The van der Waals surface area contributed by atoms with Gasteiger partial charge in [0.05, 0.1) is 4.92 Å². The first kappa shape index (κ1) is 15.3. The largest absolute Gasteiger partial charge is 0.393 e. The number of rotatable bonds is 3. The number of anilines is 1. The summed E-state index contributed by atoms with van der Waals surface area (Å²) in [7, 11) is 0. The second-order valence-corrected chi connectivity index (χ2v) is 5.97. The fraction of sp³-hybridized carbons (Fsp3) is 0.533. The molecule has 0 bridgehead atoms. The van der Waals surface area contributed by atoms with Gasteiger partial charge in [-0.2, -0.15) is 0 Å². The summed E-state index contributed by atoms with van der Waals surface area (Å²) in [5.41, 5.74) is 5.65. The number of benzene rings is 1. The highest BCUT2D eigenvalue weighted by Crippen LogP contribution is 2.29. The number of nitro groups is 1. The van der Waals surface area contributed by atoms with Gasteiger partial charge in [0.1, 0.15) is 5.69 Å². The molecule has 1 fully saturated rings. The van der Waals surface area contributed by atoms with Crippen LogP contribution in [0.3, 0.4) is 0 Å². The molecule has 1 aromatic carbocycles. The maximum atomic E-state index is 12.2. The van der Waals surface area contributed by atoms with Crippen LogP contribution in [0.25, 0.3) is 0 Å². The van der Waals surface area contributed by atoms with Crippen molar-refractivity contribution in [3.63, 3.8) is 0 Å². The minimum Gasteiger partial charge on any atom is -0.393 e. The number of carbonyl (C=O) groups excluding carboxylic acids is 1. The summed E-state index contributed by atoms with van der Waals surface area (Å²) in [6.07, 6.45) is 2.99. The Kier molecular flexibility index (Phi) is 4.45. The number of nitrogens with two attached hydrogens (primary N) is 1. The van der Waals surface area contributed by atoms with Gasteiger partial charge in [-0.1, -0.05) is 13.8 Å². The Hall–Kier alpha value is -2.11. The lowest BCUT2D eigenvalue weighted by atomic mass is 9.79. The minimum atomic E-state index is -0.573. The molecular weight excluding hydrogens is 270 g/mol. The average molecular weight is 291 g/mol. The van der Waals surface area contributed by atoms with Crippen molar-refractivity contribution >= 4 is 17.3 Å². The van der Waals surface area contributed by atoms with Crippen LogP contribution in [0.5, 0.6) is 0 Å². The van der Waals surface area contributed by atoms with Crippen molar-refractivity contribution in [2.24, 2.45) is 11.8 Å². The van der Waals surface area contributed by atoms with Crippen LogP contribution in [0.2, 0.25) is 0 Å². The lowest BCUT2D eigenvalue weighted by Gasteiger charge is -2.32. The number of nitrogens with zero attached hydrogens (tertiary/aromatic N) is 1. The molecule has 0 saturated heterocycles. The van der Waals surface area contributed by atoms with Crippen LogP contribution in [-0.4, -0.2) is 16.9 Å². The minimum absolute atomic E-state index is 0.0664. The number of carbonyl (C=O) groups is 1. The molecule has 0 aliphatic heterocycles. The summed E-state index contributed by atoms with van der Waals surface area (Å²) in [6.45, 7) is 4.42. The molecule has 2 rings (SSSR count). The first-order chi connectivity index (χ1) is 9.88. The van der Waals surface area contributed by atoms with Gasteiger partial charge in [0.2, 0.25) is 0 Å². The first-order valence-electron chi connectivity index (χ1n) is 7.23. The van der Waals surface area contributed by atoms with Gasteiger partial charge in [-0.15, -0.1) is 0 Å². The second-order valence-electron chi connectivity index (χ2n) is 5.97. The smallest absolute Gasteiger partial charge is 0.292 e. The Labute approximate surface area is 123 Å². The normalized spacial score (nSPS) is 25.3. The number of nitro benzene ring substituents is 1. The van der Waals surface area contributed by atoms with Gasteiger partial charge in [-0.05, 0) is 43.2 Å². The molecule has 1 aliphatic carbocycles.